The Labute approximate surface area is 184 Å². The monoisotopic (exact) mass is 441 g/mol. The first-order chi connectivity index (χ1) is 15.0. The molecule has 1 saturated heterocycles. The van der Waals surface area contributed by atoms with Crippen LogP contribution >= 0.6 is 11.6 Å². The molecule has 2 aliphatic rings. The zero-order valence-electron chi connectivity index (χ0n) is 17.3. The number of nitrogens with zero attached hydrogens (tertiary/aromatic N) is 6. The Balaban J connectivity index is 1.22. The van der Waals surface area contributed by atoms with E-state index in [1.807, 2.05) is 29.9 Å². The van der Waals surface area contributed by atoms with Crippen LogP contribution in [0.3, 0.4) is 0 Å². The highest BCUT2D eigenvalue weighted by Crippen LogP contribution is 2.33. The van der Waals surface area contributed by atoms with Crippen LogP contribution in [0, 0.1) is 0 Å². The molecule has 0 saturated carbocycles. The maximum absolute atomic E-state index is 11.3. The van der Waals surface area contributed by atoms with Crippen molar-refractivity contribution < 1.29 is 9.63 Å². The number of aliphatic imine (C=N–C) groups is 1. The Hall–Kier alpha value is -2.75. The SMILES string of the molecule is Cn1nc2c(c1CC1(O)CCN(Cc3ccc(-c4ncno4)cc3Cl)CC1)NC=NC2. The molecule has 2 aromatic heterocycles. The van der Waals surface area contributed by atoms with Gasteiger partial charge in [0.05, 0.1) is 29.9 Å². The number of fused-ring (bicyclic) bond motifs is 1. The standard InChI is InChI=1S/C21H24ClN7O2/c1-28-18(19-17(27-28)10-23-12-24-19)9-21(30)4-6-29(7-5-21)11-15-3-2-14(8-16(15)22)20-25-13-26-31-20/h2-3,8,12-13,30H,4-7,9-11H2,1H3,(H,23,24). The number of aliphatic hydroxyl groups is 1. The molecule has 5 rings (SSSR count). The summed E-state index contributed by atoms with van der Waals surface area (Å²) in [6.45, 7) is 2.91. The molecule has 0 amide bonds. The second-order valence-corrected chi connectivity index (χ2v) is 8.64. The Kier molecular flexibility index (Phi) is 5.25. The van der Waals surface area contributed by atoms with E-state index in [2.05, 4.69) is 30.4 Å². The molecule has 9 nitrogen and oxygen atoms in total. The van der Waals surface area contributed by atoms with E-state index in [-0.39, 0.29) is 0 Å². The van der Waals surface area contributed by atoms with Gasteiger partial charge in [-0.1, -0.05) is 22.8 Å². The highest BCUT2D eigenvalue weighted by molar-refractivity contribution is 6.31. The van der Waals surface area contributed by atoms with Crippen LogP contribution in [0.4, 0.5) is 5.69 Å². The fourth-order valence-corrected chi connectivity index (χ4v) is 4.55. The molecule has 0 atom stereocenters. The second-order valence-electron chi connectivity index (χ2n) is 8.24. The van der Waals surface area contributed by atoms with Crippen molar-refractivity contribution in [2.75, 3.05) is 18.4 Å². The molecule has 0 spiro atoms. The summed E-state index contributed by atoms with van der Waals surface area (Å²) in [4.78, 5) is 10.6. The van der Waals surface area contributed by atoms with Gasteiger partial charge in [-0.3, -0.25) is 14.6 Å². The van der Waals surface area contributed by atoms with E-state index in [0.29, 0.717) is 36.7 Å². The zero-order chi connectivity index (χ0) is 21.4. The van der Waals surface area contributed by atoms with E-state index in [1.165, 1.54) is 6.33 Å². The molecule has 10 heteroatoms. The summed E-state index contributed by atoms with van der Waals surface area (Å²) in [5.41, 5.74) is 4.04. The molecular weight excluding hydrogens is 418 g/mol. The Bertz CT molecular complexity index is 1100. The molecular formula is C21H24ClN7O2. The summed E-state index contributed by atoms with van der Waals surface area (Å²) >= 11 is 6.51. The summed E-state index contributed by atoms with van der Waals surface area (Å²) in [5.74, 6) is 0.453. The van der Waals surface area contributed by atoms with E-state index < -0.39 is 5.60 Å². The van der Waals surface area contributed by atoms with Gasteiger partial charge in [-0.2, -0.15) is 10.1 Å². The number of rotatable bonds is 5. The summed E-state index contributed by atoms with van der Waals surface area (Å²) in [6.07, 6.45) is 5.03. The number of aromatic nitrogens is 4. The van der Waals surface area contributed by atoms with Crippen molar-refractivity contribution >= 4 is 23.6 Å². The number of aryl methyl sites for hydroxylation is 1. The van der Waals surface area contributed by atoms with Gasteiger partial charge < -0.3 is 14.9 Å². The molecule has 2 aliphatic heterocycles. The largest absolute Gasteiger partial charge is 0.389 e. The van der Waals surface area contributed by atoms with Gasteiger partial charge in [0, 0.05) is 43.7 Å². The summed E-state index contributed by atoms with van der Waals surface area (Å²) < 4.78 is 6.96. The van der Waals surface area contributed by atoms with E-state index in [1.54, 1.807) is 6.34 Å². The minimum absolute atomic E-state index is 0.453. The molecule has 0 unspecified atom stereocenters. The van der Waals surface area contributed by atoms with Gasteiger partial charge in [-0.15, -0.1) is 0 Å². The van der Waals surface area contributed by atoms with E-state index >= 15 is 0 Å². The maximum Gasteiger partial charge on any atom is 0.257 e. The van der Waals surface area contributed by atoms with Crippen molar-refractivity contribution in [3.8, 4) is 11.5 Å². The molecule has 1 aromatic carbocycles. The van der Waals surface area contributed by atoms with Crippen molar-refractivity contribution in [1.29, 1.82) is 0 Å². The first kappa shape index (κ1) is 20.2. The first-order valence-electron chi connectivity index (χ1n) is 10.3. The summed E-state index contributed by atoms with van der Waals surface area (Å²) in [7, 11) is 1.92. The smallest absolute Gasteiger partial charge is 0.257 e. The molecule has 0 aliphatic carbocycles. The van der Waals surface area contributed by atoms with Crippen molar-refractivity contribution in [3.63, 3.8) is 0 Å². The number of nitrogens with one attached hydrogen (secondary N) is 1. The summed E-state index contributed by atoms with van der Waals surface area (Å²) in [6, 6.07) is 5.79. The molecule has 162 valence electrons. The lowest BCUT2D eigenvalue weighted by Crippen LogP contribution is -2.45. The topological polar surface area (TPSA) is 105 Å². The van der Waals surface area contributed by atoms with Crippen LogP contribution in [0.1, 0.15) is 29.8 Å². The molecule has 3 aromatic rings. The van der Waals surface area contributed by atoms with Gasteiger partial charge in [0.25, 0.3) is 5.89 Å². The quantitative estimate of drug-likeness (QED) is 0.627. The fraction of sp³-hybridized carbons (Fsp3) is 0.429. The molecule has 1 fully saturated rings. The molecule has 31 heavy (non-hydrogen) atoms. The highest BCUT2D eigenvalue weighted by Gasteiger charge is 2.35. The number of likely N-dealkylation sites (tertiary alicyclic amines) is 1. The number of hydrogen-bond acceptors (Lipinski definition) is 8. The maximum atomic E-state index is 11.3. The van der Waals surface area contributed by atoms with Gasteiger partial charge in [0.15, 0.2) is 6.33 Å². The van der Waals surface area contributed by atoms with E-state index in [9.17, 15) is 5.11 Å². The van der Waals surface area contributed by atoms with Crippen molar-refractivity contribution in [1.82, 2.24) is 24.8 Å². The Morgan fingerprint density at radius 1 is 1.29 bits per heavy atom. The second kappa shape index (κ2) is 8.07. The normalized spacial score (nSPS) is 18.0. The first-order valence-corrected chi connectivity index (χ1v) is 10.7. The predicted octanol–water partition coefficient (Wildman–Crippen LogP) is 2.65. The van der Waals surface area contributed by atoms with Crippen LogP contribution in [0.15, 0.2) is 34.0 Å². The minimum Gasteiger partial charge on any atom is -0.389 e. The molecule has 4 heterocycles. The van der Waals surface area contributed by atoms with Crippen molar-refractivity contribution in [2.45, 2.75) is 38.0 Å². The van der Waals surface area contributed by atoms with Crippen LogP contribution in [0.25, 0.3) is 11.5 Å². The van der Waals surface area contributed by atoms with Crippen LogP contribution in [0.2, 0.25) is 5.02 Å². The number of halogens is 1. The van der Waals surface area contributed by atoms with Gasteiger partial charge in [0.2, 0.25) is 0 Å². The highest BCUT2D eigenvalue weighted by atomic mass is 35.5. The third-order valence-electron chi connectivity index (χ3n) is 6.12. The number of hydrogen-bond donors (Lipinski definition) is 2. The third kappa shape index (κ3) is 4.08. The average Bonchev–Trinajstić information content (AvgIpc) is 3.40. The van der Waals surface area contributed by atoms with Crippen molar-refractivity contribution in [2.24, 2.45) is 12.0 Å². The number of anilines is 1. The van der Waals surface area contributed by atoms with E-state index in [4.69, 9.17) is 16.1 Å². The van der Waals surface area contributed by atoms with Crippen LogP contribution in [0.5, 0.6) is 0 Å². The van der Waals surface area contributed by atoms with Crippen LogP contribution in [-0.2, 0) is 26.6 Å². The fourth-order valence-electron chi connectivity index (χ4n) is 4.31. The van der Waals surface area contributed by atoms with Crippen LogP contribution < -0.4 is 5.32 Å². The molecule has 0 radical (unpaired) electrons. The molecule has 0 bridgehead atoms. The van der Waals surface area contributed by atoms with Gasteiger partial charge in [0.1, 0.15) is 5.69 Å². The lowest BCUT2D eigenvalue weighted by molar-refractivity contribution is -0.0235. The average molecular weight is 442 g/mol. The number of piperidine rings is 1. The Morgan fingerprint density at radius 2 is 2.13 bits per heavy atom. The van der Waals surface area contributed by atoms with E-state index in [0.717, 1.165) is 47.8 Å². The van der Waals surface area contributed by atoms with Gasteiger partial charge in [-0.05, 0) is 30.5 Å². The van der Waals surface area contributed by atoms with Crippen LogP contribution in [-0.4, -0.2) is 55.0 Å². The molecule has 2 N–H and O–H groups in total. The Morgan fingerprint density at radius 3 is 2.87 bits per heavy atom. The lowest BCUT2D eigenvalue weighted by atomic mass is 9.86. The number of benzene rings is 1. The van der Waals surface area contributed by atoms with Gasteiger partial charge >= 0.3 is 0 Å². The predicted molar refractivity (Wildman–Crippen MR) is 117 cm³/mol. The zero-order valence-corrected chi connectivity index (χ0v) is 18.0. The lowest BCUT2D eigenvalue weighted by Gasteiger charge is -2.38. The van der Waals surface area contributed by atoms with Crippen molar-refractivity contribution in [3.05, 3.63) is 46.5 Å². The summed E-state index contributed by atoms with van der Waals surface area (Å²) in [5, 5.41) is 23.3. The minimum atomic E-state index is -0.750. The van der Waals surface area contributed by atoms with Gasteiger partial charge in [-0.25, -0.2) is 0 Å². The third-order valence-corrected chi connectivity index (χ3v) is 6.47.